The molecule has 110 valence electrons. The van der Waals surface area contributed by atoms with Crippen molar-refractivity contribution in [3.05, 3.63) is 35.4 Å². The van der Waals surface area contributed by atoms with Crippen LogP contribution in [0.3, 0.4) is 0 Å². The molecule has 1 fully saturated rings. The maximum atomic E-state index is 12.2. The van der Waals surface area contributed by atoms with E-state index < -0.39 is 0 Å². The van der Waals surface area contributed by atoms with Gasteiger partial charge in [0.15, 0.2) is 0 Å². The Morgan fingerprint density at radius 2 is 1.90 bits per heavy atom. The van der Waals surface area contributed by atoms with Gasteiger partial charge < -0.3 is 10.2 Å². The molecule has 0 saturated heterocycles. The monoisotopic (exact) mass is 274 g/mol. The van der Waals surface area contributed by atoms with Crippen LogP contribution in [0.25, 0.3) is 0 Å². The van der Waals surface area contributed by atoms with Crippen LogP contribution in [-0.4, -0.2) is 24.0 Å². The van der Waals surface area contributed by atoms with E-state index in [9.17, 15) is 4.79 Å². The van der Waals surface area contributed by atoms with E-state index in [2.05, 4.69) is 43.4 Å². The first kappa shape index (κ1) is 14.9. The molecule has 1 aliphatic carbocycles. The van der Waals surface area contributed by atoms with Crippen molar-refractivity contribution < 1.29 is 4.79 Å². The van der Waals surface area contributed by atoms with Crippen LogP contribution in [0.1, 0.15) is 50.8 Å². The Bertz CT molecular complexity index is 451. The van der Waals surface area contributed by atoms with E-state index in [4.69, 9.17) is 0 Å². The molecule has 2 atom stereocenters. The zero-order valence-electron chi connectivity index (χ0n) is 13.0. The van der Waals surface area contributed by atoms with Crippen molar-refractivity contribution in [3.8, 4) is 0 Å². The van der Waals surface area contributed by atoms with Crippen molar-refractivity contribution in [1.29, 1.82) is 0 Å². The summed E-state index contributed by atoms with van der Waals surface area (Å²) in [5, 5.41) is 3.08. The highest BCUT2D eigenvalue weighted by atomic mass is 16.2. The molecule has 0 spiro atoms. The second-order valence-electron chi connectivity index (χ2n) is 5.96. The number of hydrogen-bond donors (Lipinski definition) is 1. The van der Waals surface area contributed by atoms with Gasteiger partial charge in [-0.2, -0.15) is 0 Å². The van der Waals surface area contributed by atoms with E-state index in [0.717, 1.165) is 12.0 Å². The number of rotatable bonds is 5. The van der Waals surface area contributed by atoms with Crippen molar-refractivity contribution in [1.82, 2.24) is 10.2 Å². The number of nitrogens with one attached hydrogen (secondary N) is 1. The lowest BCUT2D eigenvalue weighted by Crippen LogP contribution is -2.44. The van der Waals surface area contributed by atoms with Gasteiger partial charge >= 0.3 is 6.03 Å². The standard InChI is InChI=1S/C17H26N2O/c1-5-14-6-8-15(9-7-14)12(2)18-17(20)19(4)13(3)16-10-11-16/h6-9,12-13,16H,5,10-11H2,1-4H3,(H,18,20). The third kappa shape index (κ3) is 3.53. The zero-order valence-corrected chi connectivity index (χ0v) is 13.0. The van der Waals surface area contributed by atoms with Gasteiger partial charge in [-0.1, -0.05) is 31.2 Å². The van der Waals surface area contributed by atoms with E-state index >= 15 is 0 Å². The molecule has 2 amide bonds. The minimum absolute atomic E-state index is 0.0245. The van der Waals surface area contributed by atoms with Gasteiger partial charge in [0.25, 0.3) is 0 Å². The largest absolute Gasteiger partial charge is 0.331 e. The predicted molar refractivity (Wildman–Crippen MR) is 82.7 cm³/mol. The maximum Gasteiger partial charge on any atom is 0.317 e. The van der Waals surface area contributed by atoms with Gasteiger partial charge in [-0.3, -0.25) is 0 Å². The molecule has 2 unspecified atom stereocenters. The van der Waals surface area contributed by atoms with E-state index in [-0.39, 0.29) is 12.1 Å². The number of hydrogen-bond acceptors (Lipinski definition) is 1. The Morgan fingerprint density at radius 3 is 2.40 bits per heavy atom. The van der Waals surface area contributed by atoms with E-state index in [1.165, 1.54) is 18.4 Å². The van der Waals surface area contributed by atoms with E-state index in [0.29, 0.717) is 12.0 Å². The highest BCUT2D eigenvalue weighted by Gasteiger charge is 2.32. The van der Waals surface area contributed by atoms with Crippen LogP contribution >= 0.6 is 0 Å². The molecule has 0 radical (unpaired) electrons. The number of amides is 2. The molecule has 1 aromatic rings. The van der Waals surface area contributed by atoms with Gasteiger partial charge in [0.05, 0.1) is 6.04 Å². The number of nitrogens with zero attached hydrogens (tertiary/aromatic N) is 1. The molecule has 3 heteroatoms. The normalized spacial score (nSPS) is 17.4. The van der Waals surface area contributed by atoms with Crippen LogP contribution in [-0.2, 0) is 6.42 Å². The summed E-state index contributed by atoms with van der Waals surface area (Å²) in [7, 11) is 1.89. The minimum atomic E-state index is 0.0245. The molecule has 2 rings (SSSR count). The molecule has 1 N–H and O–H groups in total. The molecule has 1 aliphatic rings. The smallest absolute Gasteiger partial charge is 0.317 e. The second kappa shape index (κ2) is 6.29. The average Bonchev–Trinajstić information content (AvgIpc) is 3.30. The minimum Gasteiger partial charge on any atom is -0.331 e. The summed E-state index contributed by atoms with van der Waals surface area (Å²) in [6, 6.07) is 8.88. The fourth-order valence-corrected chi connectivity index (χ4v) is 2.49. The van der Waals surface area contributed by atoms with Crippen LogP contribution in [0.4, 0.5) is 4.79 Å². The zero-order chi connectivity index (χ0) is 14.7. The van der Waals surface area contributed by atoms with Crippen LogP contribution in [0.2, 0.25) is 0 Å². The van der Waals surface area contributed by atoms with Gasteiger partial charge in [-0.05, 0) is 50.2 Å². The Kier molecular flexibility index (Phi) is 4.69. The first-order valence-electron chi connectivity index (χ1n) is 7.65. The van der Waals surface area contributed by atoms with Gasteiger partial charge in [-0.25, -0.2) is 4.79 Å². The summed E-state index contributed by atoms with van der Waals surface area (Å²) < 4.78 is 0. The summed E-state index contributed by atoms with van der Waals surface area (Å²) in [5.74, 6) is 0.699. The predicted octanol–water partition coefficient (Wildman–Crippen LogP) is 3.75. The van der Waals surface area contributed by atoms with Crippen LogP contribution < -0.4 is 5.32 Å². The molecular formula is C17H26N2O. The maximum absolute atomic E-state index is 12.2. The molecule has 20 heavy (non-hydrogen) atoms. The topological polar surface area (TPSA) is 32.3 Å². The van der Waals surface area contributed by atoms with Crippen LogP contribution in [0.15, 0.2) is 24.3 Å². The Hall–Kier alpha value is -1.51. The number of urea groups is 1. The van der Waals surface area contributed by atoms with E-state index in [1.807, 2.05) is 18.9 Å². The van der Waals surface area contributed by atoms with Crippen molar-refractivity contribution in [2.24, 2.45) is 5.92 Å². The number of carbonyl (C=O) groups excluding carboxylic acids is 1. The van der Waals surface area contributed by atoms with Gasteiger partial charge in [0.2, 0.25) is 0 Å². The first-order chi connectivity index (χ1) is 9.52. The highest BCUT2D eigenvalue weighted by molar-refractivity contribution is 5.74. The fraction of sp³-hybridized carbons (Fsp3) is 0.588. The lowest BCUT2D eigenvalue weighted by atomic mass is 10.1. The summed E-state index contributed by atoms with van der Waals surface area (Å²) in [5.41, 5.74) is 2.48. The lowest BCUT2D eigenvalue weighted by molar-refractivity contribution is 0.185. The number of carbonyl (C=O) groups is 1. The van der Waals surface area contributed by atoms with Gasteiger partial charge in [-0.15, -0.1) is 0 Å². The lowest BCUT2D eigenvalue weighted by Gasteiger charge is -2.27. The van der Waals surface area contributed by atoms with Crippen molar-refractivity contribution >= 4 is 6.03 Å². The molecule has 1 aromatic carbocycles. The summed E-state index contributed by atoms with van der Waals surface area (Å²) in [6.45, 7) is 6.32. The first-order valence-corrected chi connectivity index (χ1v) is 7.65. The summed E-state index contributed by atoms with van der Waals surface area (Å²) in [4.78, 5) is 14.1. The molecule has 1 saturated carbocycles. The Balaban J connectivity index is 1.91. The van der Waals surface area contributed by atoms with Gasteiger partial charge in [0.1, 0.15) is 0 Å². The Morgan fingerprint density at radius 1 is 1.30 bits per heavy atom. The highest BCUT2D eigenvalue weighted by Crippen LogP contribution is 2.34. The van der Waals surface area contributed by atoms with Gasteiger partial charge in [0, 0.05) is 13.1 Å². The average molecular weight is 274 g/mol. The van der Waals surface area contributed by atoms with Crippen LogP contribution in [0.5, 0.6) is 0 Å². The summed E-state index contributed by atoms with van der Waals surface area (Å²) in [6.07, 6.45) is 3.56. The SMILES string of the molecule is CCc1ccc(C(C)NC(=O)N(C)C(C)C2CC2)cc1. The summed E-state index contributed by atoms with van der Waals surface area (Å²) >= 11 is 0. The Labute approximate surface area is 122 Å². The quantitative estimate of drug-likeness (QED) is 0.871. The third-order valence-electron chi connectivity index (χ3n) is 4.46. The molecule has 0 aliphatic heterocycles. The van der Waals surface area contributed by atoms with Crippen molar-refractivity contribution in [2.75, 3.05) is 7.05 Å². The molecule has 0 bridgehead atoms. The van der Waals surface area contributed by atoms with Crippen LogP contribution in [0, 0.1) is 5.92 Å². The van der Waals surface area contributed by atoms with E-state index in [1.54, 1.807) is 0 Å². The number of aryl methyl sites for hydroxylation is 1. The molecular weight excluding hydrogens is 248 g/mol. The molecule has 0 heterocycles. The second-order valence-corrected chi connectivity index (χ2v) is 5.96. The molecule has 0 aromatic heterocycles. The molecule has 3 nitrogen and oxygen atoms in total. The van der Waals surface area contributed by atoms with Crippen molar-refractivity contribution in [3.63, 3.8) is 0 Å². The fourth-order valence-electron chi connectivity index (χ4n) is 2.49. The number of benzene rings is 1. The van der Waals surface area contributed by atoms with Crippen molar-refractivity contribution in [2.45, 2.75) is 52.1 Å². The third-order valence-corrected chi connectivity index (χ3v) is 4.46.